The van der Waals surface area contributed by atoms with E-state index < -0.39 is 0 Å². The van der Waals surface area contributed by atoms with Crippen LogP contribution in [0.4, 0.5) is 10.5 Å². The average Bonchev–Trinajstić information content (AvgIpc) is 3.16. The minimum absolute atomic E-state index is 0.195. The number of piperidine rings is 1. The first-order valence-electron chi connectivity index (χ1n) is 9.16. The third-order valence-electron chi connectivity index (χ3n) is 4.95. The van der Waals surface area contributed by atoms with Crippen molar-refractivity contribution in [3.05, 3.63) is 30.1 Å². The Balaban J connectivity index is 1.55. The molecule has 8 heteroatoms. The lowest BCUT2D eigenvalue weighted by atomic mass is 9.99. The number of likely N-dealkylation sites (tertiary alicyclic amines) is 1. The highest BCUT2D eigenvalue weighted by Gasteiger charge is 2.21. The number of benzene rings is 1. The molecule has 2 aromatic rings. The molecule has 1 aliphatic rings. The molecule has 1 saturated heterocycles. The van der Waals surface area contributed by atoms with E-state index in [9.17, 15) is 4.79 Å². The SMILES string of the molecule is Cc1ccc(-n2cnnn2)cc1NC(=O)NC[C@@H](C)N1CCC[C@H](C)C1. The average molecular weight is 357 g/mol. The zero-order chi connectivity index (χ0) is 18.5. The molecule has 0 saturated carbocycles. The van der Waals surface area contributed by atoms with Crippen LogP contribution in [0, 0.1) is 12.8 Å². The van der Waals surface area contributed by atoms with Gasteiger partial charge in [0.05, 0.1) is 5.69 Å². The van der Waals surface area contributed by atoms with Crippen molar-refractivity contribution in [2.24, 2.45) is 5.92 Å². The molecule has 140 valence electrons. The van der Waals surface area contributed by atoms with Crippen LogP contribution in [0.5, 0.6) is 0 Å². The number of anilines is 1. The van der Waals surface area contributed by atoms with Gasteiger partial charge in [-0.15, -0.1) is 5.10 Å². The number of nitrogens with one attached hydrogen (secondary N) is 2. The summed E-state index contributed by atoms with van der Waals surface area (Å²) in [6.07, 6.45) is 4.06. The molecule has 1 aromatic heterocycles. The molecule has 1 fully saturated rings. The highest BCUT2D eigenvalue weighted by molar-refractivity contribution is 5.90. The van der Waals surface area contributed by atoms with Gasteiger partial charge in [0.25, 0.3) is 0 Å². The topological polar surface area (TPSA) is 88.0 Å². The highest BCUT2D eigenvalue weighted by atomic mass is 16.2. The number of carbonyl (C=O) groups excluding carboxylic acids is 1. The Kier molecular flexibility index (Phi) is 5.82. The van der Waals surface area contributed by atoms with Crippen LogP contribution in [0.2, 0.25) is 0 Å². The van der Waals surface area contributed by atoms with E-state index in [0.717, 1.165) is 35.9 Å². The van der Waals surface area contributed by atoms with Gasteiger partial charge in [-0.05, 0) is 67.3 Å². The zero-order valence-corrected chi connectivity index (χ0v) is 15.6. The number of aryl methyl sites for hydroxylation is 1. The molecule has 2 heterocycles. The van der Waals surface area contributed by atoms with Gasteiger partial charge < -0.3 is 10.6 Å². The lowest BCUT2D eigenvalue weighted by molar-refractivity contribution is 0.138. The summed E-state index contributed by atoms with van der Waals surface area (Å²) in [7, 11) is 0. The third-order valence-corrected chi connectivity index (χ3v) is 4.95. The maximum atomic E-state index is 12.3. The van der Waals surface area contributed by atoms with Crippen molar-refractivity contribution < 1.29 is 4.79 Å². The number of amides is 2. The van der Waals surface area contributed by atoms with Crippen molar-refractivity contribution in [2.45, 2.75) is 39.7 Å². The van der Waals surface area contributed by atoms with Crippen molar-refractivity contribution in [1.29, 1.82) is 0 Å². The molecule has 0 radical (unpaired) electrons. The molecule has 0 unspecified atom stereocenters. The predicted octanol–water partition coefficient (Wildman–Crippen LogP) is 2.21. The number of nitrogens with zero attached hydrogens (tertiary/aromatic N) is 5. The van der Waals surface area contributed by atoms with E-state index >= 15 is 0 Å². The van der Waals surface area contributed by atoms with Gasteiger partial charge in [0.2, 0.25) is 0 Å². The first-order chi connectivity index (χ1) is 12.5. The van der Waals surface area contributed by atoms with E-state index in [1.54, 1.807) is 4.68 Å². The molecule has 2 amide bonds. The Morgan fingerprint density at radius 3 is 3.00 bits per heavy atom. The first kappa shape index (κ1) is 18.3. The van der Waals surface area contributed by atoms with Crippen LogP contribution in [0.25, 0.3) is 5.69 Å². The van der Waals surface area contributed by atoms with E-state index in [2.05, 4.69) is 44.9 Å². The van der Waals surface area contributed by atoms with E-state index in [1.165, 1.54) is 19.2 Å². The van der Waals surface area contributed by atoms with Gasteiger partial charge in [0, 0.05) is 24.8 Å². The molecule has 0 aliphatic carbocycles. The monoisotopic (exact) mass is 357 g/mol. The number of hydrogen-bond donors (Lipinski definition) is 2. The number of hydrogen-bond acceptors (Lipinski definition) is 5. The fraction of sp³-hybridized carbons (Fsp3) is 0.556. The van der Waals surface area contributed by atoms with Crippen molar-refractivity contribution in [3.63, 3.8) is 0 Å². The molecular weight excluding hydrogens is 330 g/mol. The normalized spacial score (nSPS) is 19.1. The van der Waals surface area contributed by atoms with Crippen LogP contribution < -0.4 is 10.6 Å². The minimum atomic E-state index is -0.195. The van der Waals surface area contributed by atoms with Crippen LogP contribution in [0.15, 0.2) is 24.5 Å². The van der Waals surface area contributed by atoms with Crippen molar-refractivity contribution in [2.75, 3.05) is 25.0 Å². The molecule has 1 aromatic carbocycles. The molecule has 26 heavy (non-hydrogen) atoms. The Morgan fingerprint density at radius 2 is 2.27 bits per heavy atom. The maximum Gasteiger partial charge on any atom is 0.319 e. The van der Waals surface area contributed by atoms with E-state index in [0.29, 0.717) is 12.6 Å². The fourth-order valence-electron chi connectivity index (χ4n) is 3.33. The second-order valence-corrected chi connectivity index (χ2v) is 7.18. The van der Waals surface area contributed by atoms with Crippen LogP contribution >= 0.6 is 0 Å². The predicted molar refractivity (Wildman–Crippen MR) is 100 cm³/mol. The molecule has 2 N–H and O–H groups in total. The summed E-state index contributed by atoms with van der Waals surface area (Å²) < 4.78 is 1.56. The largest absolute Gasteiger partial charge is 0.336 e. The zero-order valence-electron chi connectivity index (χ0n) is 15.6. The maximum absolute atomic E-state index is 12.3. The first-order valence-corrected chi connectivity index (χ1v) is 9.16. The van der Waals surface area contributed by atoms with Gasteiger partial charge in [-0.1, -0.05) is 13.0 Å². The van der Waals surface area contributed by atoms with Crippen molar-refractivity contribution in [3.8, 4) is 5.69 Å². The van der Waals surface area contributed by atoms with Gasteiger partial charge >= 0.3 is 6.03 Å². The lowest BCUT2D eigenvalue weighted by Crippen LogP contribution is -2.47. The van der Waals surface area contributed by atoms with Crippen molar-refractivity contribution >= 4 is 11.7 Å². The second-order valence-electron chi connectivity index (χ2n) is 7.18. The van der Waals surface area contributed by atoms with Crippen LogP contribution in [0.1, 0.15) is 32.3 Å². The number of aromatic nitrogens is 4. The Morgan fingerprint density at radius 1 is 1.42 bits per heavy atom. The summed E-state index contributed by atoms with van der Waals surface area (Å²) in [5.41, 5.74) is 2.52. The third kappa shape index (κ3) is 4.57. The fourth-order valence-corrected chi connectivity index (χ4v) is 3.33. The van der Waals surface area contributed by atoms with Crippen LogP contribution in [-0.2, 0) is 0 Å². The molecular formula is C18H27N7O. The van der Waals surface area contributed by atoms with Crippen LogP contribution in [-0.4, -0.2) is 56.8 Å². The summed E-state index contributed by atoms with van der Waals surface area (Å²) in [5.74, 6) is 0.733. The molecule has 0 spiro atoms. The summed E-state index contributed by atoms with van der Waals surface area (Å²) >= 11 is 0. The van der Waals surface area contributed by atoms with Gasteiger partial charge in [0.15, 0.2) is 0 Å². The van der Waals surface area contributed by atoms with Gasteiger partial charge in [0.1, 0.15) is 6.33 Å². The molecule has 3 rings (SSSR count). The number of rotatable bonds is 5. The molecule has 1 aliphatic heterocycles. The van der Waals surface area contributed by atoms with E-state index in [-0.39, 0.29) is 6.03 Å². The summed E-state index contributed by atoms with van der Waals surface area (Å²) in [6, 6.07) is 5.84. The van der Waals surface area contributed by atoms with Gasteiger partial charge in [-0.3, -0.25) is 4.90 Å². The second kappa shape index (κ2) is 8.27. The Bertz CT molecular complexity index is 731. The van der Waals surface area contributed by atoms with Crippen molar-refractivity contribution in [1.82, 2.24) is 30.4 Å². The molecule has 0 bridgehead atoms. The summed E-state index contributed by atoms with van der Waals surface area (Å²) in [6.45, 7) is 9.27. The summed E-state index contributed by atoms with van der Waals surface area (Å²) in [4.78, 5) is 14.8. The quantitative estimate of drug-likeness (QED) is 0.857. The summed E-state index contributed by atoms with van der Waals surface area (Å²) in [5, 5.41) is 17.1. The molecule has 2 atom stereocenters. The Hall–Kier alpha value is -2.48. The van der Waals surface area contributed by atoms with E-state index in [4.69, 9.17) is 0 Å². The van der Waals surface area contributed by atoms with Gasteiger partial charge in [-0.25, -0.2) is 9.48 Å². The number of urea groups is 1. The van der Waals surface area contributed by atoms with Crippen LogP contribution in [0.3, 0.4) is 0 Å². The smallest absolute Gasteiger partial charge is 0.319 e. The number of carbonyl (C=O) groups is 1. The molecule has 8 nitrogen and oxygen atoms in total. The Labute approximate surface area is 154 Å². The minimum Gasteiger partial charge on any atom is -0.336 e. The lowest BCUT2D eigenvalue weighted by Gasteiger charge is -2.35. The van der Waals surface area contributed by atoms with E-state index in [1.807, 2.05) is 25.1 Å². The highest BCUT2D eigenvalue weighted by Crippen LogP contribution is 2.19. The van der Waals surface area contributed by atoms with Gasteiger partial charge in [-0.2, -0.15) is 0 Å². The standard InChI is InChI=1S/C18H27N7O/c1-13-5-4-8-24(11-13)15(3)10-19-18(26)21-17-9-16(7-6-14(17)2)25-12-20-22-23-25/h6-7,9,12-13,15H,4-5,8,10-11H2,1-3H3,(H2,19,21,26)/t13-,15+/m0/s1. The number of tetrazole rings is 1.